The molecule has 0 saturated carbocycles. The summed E-state index contributed by atoms with van der Waals surface area (Å²) in [7, 11) is 0. The Bertz CT molecular complexity index is 984. The van der Waals surface area contributed by atoms with Crippen molar-refractivity contribution in [3.63, 3.8) is 0 Å². The summed E-state index contributed by atoms with van der Waals surface area (Å²) in [6.07, 6.45) is 3.36. The van der Waals surface area contributed by atoms with Crippen LogP contribution in [0.15, 0.2) is 30.6 Å². The summed E-state index contributed by atoms with van der Waals surface area (Å²) in [5, 5.41) is 15.8. The first-order chi connectivity index (χ1) is 15.6. The van der Waals surface area contributed by atoms with Crippen LogP contribution in [0, 0.1) is 5.41 Å². The topological polar surface area (TPSA) is 140 Å². The van der Waals surface area contributed by atoms with Gasteiger partial charge >= 0.3 is 0 Å². The number of rotatable bonds is 7. The van der Waals surface area contributed by atoms with Crippen LogP contribution in [0.2, 0.25) is 0 Å². The van der Waals surface area contributed by atoms with Gasteiger partial charge in [-0.3, -0.25) is 19.4 Å². The van der Waals surface area contributed by atoms with E-state index in [0.717, 1.165) is 5.69 Å². The number of amides is 3. The average molecular weight is 457 g/mol. The van der Waals surface area contributed by atoms with Crippen molar-refractivity contribution in [3.8, 4) is 0 Å². The van der Waals surface area contributed by atoms with Crippen LogP contribution in [0.1, 0.15) is 62.2 Å². The lowest BCUT2D eigenvalue weighted by molar-refractivity contribution is -0.140. The molecule has 0 bridgehead atoms. The summed E-state index contributed by atoms with van der Waals surface area (Å²) in [6, 6.07) is 4.33. The van der Waals surface area contributed by atoms with Crippen LogP contribution in [0.25, 0.3) is 0 Å². The van der Waals surface area contributed by atoms with Crippen molar-refractivity contribution >= 4 is 17.7 Å². The third-order valence-electron chi connectivity index (χ3n) is 5.56. The molecule has 1 aliphatic rings. The average Bonchev–Trinajstić information content (AvgIpc) is 3.38. The molecule has 0 aromatic carbocycles. The highest BCUT2D eigenvalue weighted by molar-refractivity contribution is 5.92. The smallest absolute Gasteiger partial charge is 0.271 e. The van der Waals surface area contributed by atoms with E-state index < -0.39 is 23.6 Å². The number of pyridine rings is 1. The van der Waals surface area contributed by atoms with Gasteiger partial charge in [0.05, 0.1) is 12.1 Å². The zero-order chi connectivity index (χ0) is 24.2. The fourth-order valence-electron chi connectivity index (χ4n) is 3.90. The molecule has 10 nitrogen and oxygen atoms in total. The van der Waals surface area contributed by atoms with Crippen molar-refractivity contribution in [3.05, 3.63) is 47.8 Å². The molecule has 2 aromatic heterocycles. The van der Waals surface area contributed by atoms with Gasteiger partial charge in [-0.15, -0.1) is 0 Å². The number of aromatic amines is 1. The molecule has 0 unspecified atom stereocenters. The predicted octanol–water partition coefficient (Wildman–Crippen LogP) is 0.962. The maximum atomic E-state index is 13.3. The summed E-state index contributed by atoms with van der Waals surface area (Å²) in [5.41, 5.74) is 0.555. The van der Waals surface area contributed by atoms with Crippen LogP contribution in [0.5, 0.6) is 0 Å². The second-order valence-electron chi connectivity index (χ2n) is 9.39. The lowest BCUT2D eigenvalue weighted by Gasteiger charge is -2.35. The van der Waals surface area contributed by atoms with Crippen molar-refractivity contribution in [2.45, 2.75) is 58.7 Å². The lowest BCUT2D eigenvalue weighted by atomic mass is 9.85. The molecule has 0 aliphatic carbocycles. The minimum Gasteiger partial charge on any atom is -0.391 e. The Morgan fingerprint density at radius 1 is 1.30 bits per heavy atom. The van der Waals surface area contributed by atoms with E-state index in [1.165, 1.54) is 18.0 Å². The Balaban J connectivity index is 1.69. The SMILES string of the molecule is CC(=O)N[C@H](C(=O)N1C[C@H](O)C[C@H]1c1nc(C(=O)NCCc2ccccn2)c[nH]1)C(C)(C)C. The maximum absolute atomic E-state index is 13.3. The first-order valence-electron chi connectivity index (χ1n) is 11.1. The number of β-amino-alcohol motifs (C(OH)–C–C–N with tert-alkyl or cyclic N) is 1. The van der Waals surface area contributed by atoms with Crippen molar-refractivity contribution in [1.82, 2.24) is 30.5 Å². The highest BCUT2D eigenvalue weighted by atomic mass is 16.3. The molecule has 1 aliphatic heterocycles. The highest BCUT2D eigenvalue weighted by Crippen LogP contribution is 2.33. The number of aliphatic hydroxyl groups excluding tert-OH is 1. The molecule has 33 heavy (non-hydrogen) atoms. The van der Waals surface area contributed by atoms with Crippen LogP contribution in [0.4, 0.5) is 0 Å². The van der Waals surface area contributed by atoms with Crippen LogP contribution in [0.3, 0.4) is 0 Å². The molecule has 1 fully saturated rings. The summed E-state index contributed by atoms with van der Waals surface area (Å²) in [6.45, 7) is 7.51. The predicted molar refractivity (Wildman–Crippen MR) is 121 cm³/mol. The summed E-state index contributed by atoms with van der Waals surface area (Å²) in [5.74, 6) is -0.514. The number of likely N-dealkylation sites (tertiary alicyclic amines) is 1. The Kier molecular flexibility index (Phi) is 7.47. The fourth-order valence-corrected chi connectivity index (χ4v) is 3.90. The largest absolute Gasteiger partial charge is 0.391 e. The number of carbonyl (C=O) groups is 3. The van der Waals surface area contributed by atoms with E-state index in [2.05, 4.69) is 25.6 Å². The molecule has 10 heteroatoms. The Hall–Kier alpha value is -3.27. The molecule has 0 spiro atoms. The first kappa shape index (κ1) is 24.4. The second kappa shape index (κ2) is 10.1. The monoisotopic (exact) mass is 456 g/mol. The van der Waals surface area contributed by atoms with Gasteiger partial charge in [-0.05, 0) is 17.5 Å². The van der Waals surface area contributed by atoms with E-state index >= 15 is 0 Å². The molecule has 0 radical (unpaired) electrons. The fraction of sp³-hybridized carbons (Fsp3) is 0.522. The van der Waals surface area contributed by atoms with Crippen LogP contribution in [-0.4, -0.2) is 67.9 Å². The molecular formula is C23H32N6O4. The van der Waals surface area contributed by atoms with Crippen molar-refractivity contribution in [1.29, 1.82) is 0 Å². The molecule has 2 aromatic rings. The Morgan fingerprint density at radius 2 is 2.06 bits per heavy atom. The number of imidazole rings is 1. The quantitative estimate of drug-likeness (QED) is 0.489. The van der Waals surface area contributed by atoms with Gasteiger partial charge in [0, 0.05) is 50.9 Å². The highest BCUT2D eigenvalue weighted by Gasteiger charge is 2.43. The molecule has 1 saturated heterocycles. The van der Waals surface area contributed by atoms with Gasteiger partial charge < -0.3 is 25.6 Å². The van der Waals surface area contributed by atoms with E-state index in [-0.39, 0.29) is 36.4 Å². The van der Waals surface area contributed by atoms with Crippen LogP contribution >= 0.6 is 0 Å². The van der Waals surface area contributed by atoms with E-state index in [1.807, 2.05) is 39.0 Å². The van der Waals surface area contributed by atoms with Gasteiger partial charge in [0.15, 0.2) is 0 Å². The normalized spacial score (nSPS) is 19.2. The van der Waals surface area contributed by atoms with Crippen molar-refractivity contribution in [2.24, 2.45) is 5.41 Å². The molecule has 3 amide bonds. The third kappa shape index (κ3) is 6.16. The zero-order valence-electron chi connectivity index (χ0n) is 19.5. The standard InChI is InChI=1S/C23H32N6O4/c1-14(30)27-19(23(2,3)4)22(33)29-13-16(31)11-18(29)20-26-12-17(28-20)21(32)25-10-8-15-7-5-6-9-24-15/h5-7,9,12,16,18-19,31H,8,10-11,13H2,1-4H3,(H,25,32)(H,26,28)(H,27,30)/t16-,18+,19-/m1/s1. The minimum absolute atomic E-state index is 0.127. The summed E-state index contributed by atoms with van der Waals surface area (Å²) in [4.78, 5) is 50.7. The van der Waals surface area contributed by atoms with Crippen molar-refractivity contribution in [2.75, 3.05) is 13.1 Å². The second-order valence-corrected chi connectivity index (χ2v) is 9.39. The number of H-pyrrole nitrogens is 1. The van der Waals surface area contributed by atoms with Gasteiger partial charge in [-0.2, -0.15) is 0 Å². The molecular weight excluding hydrogens is 424 g/mol. The van der Waals surface area contributed by atoms with Gasteiger partial charge in [0.25, 0.3) is 5.91 Å². The number of nitrogens with one attached hydrogen (secondary N) is 3. The maximum Gasteiger partial charge on any atom is 0.271 e. The van der Waals surface area contributed by atoms with Gasteiger partial charge in [-0.25, -0.2) is 4.98 Å². The van der Waals surface area contributed by atoms with Crippen LogP contribution < -0.4 is 10.6 Å². The minimum atomic E-state index is -0.757. The third-order valence-corrected chi connectivity index (χ3v) is 5.56. The van der Waals surface area contributed by atoms with E-state index in [1.54, 1.807) is 6.20 Å². The van der Waals surface area contributed by atoms with Crippen LogP contribution in [-0.2, 0) is 16.0 Å². The summed E-state index contributed by atoms with van der Waals surface area (Å²) < 4.78 is 0. The zero-order valence-corrected chi connectivity index (χ0v) is 19.5. The molecule has 178 valence electrons. The van der Waals surface area contributed by atoms with E-state index in [4.69, 9.17) is 0 Å². The van der Waals surface area contributed by atoms with E-state index in [9.17, 15) is 19.5 Å². The van der Waals surface area contributed by atoms with E-state index in [0.29, 0.717) is 18.8 Å². The number of hydrogen-bond donors (Lipinski definition) is 4. The molecule has 3 atom stereocenters. The summed E-state index contributed by atoms with van der Waals surface area (Å²) >= 11 is 0. The number of carbonyl (C=O) groups excluding carboxylic acids is 3. The number of aliphatic hydroxyl groups is 1. The number of aromatic nitrogens is 3. The Morgan fingerprint density at radius 3 is 2.70 bits per heavy atom. The molecule has 3 rings (SSSR count). The van der Waals surface area contributed by atoms with Gasteiger partial charge in [0.1, 0.15) is 17.6 Å². The molecule has 4 N–H and O–H groups in total. The Labute approximate surface area is 193 Å². The molecule has 3 heterocycles. The number of hydrogen-bond acceptors (Lipinski definition) is 6. The first-order valence-corrected chi connectivity index (χ1v) is 11.1. The van der Waals surface area contributed by atoms with Gasteiger partial charge in [0.2, 0.25) is 11.8 Å². The lowest BCUT2D eigenvalue weighted by Crippen LogP contribution is -2.54. The van der Waals surface area contributed by atoms with Gasteiger partial charge in [-0.1, -0.05) is 26.8 Å². The van der Waals surface area contributed by atoms with Crippen molar-refractivity contribution < 1.29 is 19.5 Å². The number of nitrogens with zero attached hydrogens (tertiary/aromatic N) is 3.